The van der Waals surface area contributed by atoms with Crippen molar-refractivity contribution in [3.63, 3.8) is 0 Å². The zero-order chi connectivity index (χ0) is 17.8. The number of hydrogen-bond acceptors (Lipinski definition) is 7. The van der Waals surface area contributed by atoms with Crippen LogP contribution in [0.25, 0.3) is 6.08 Å². The van der Waals surface area contributed by atoms with Crippen LogP contribution in [0.15, 0.2) is 29.2 Å². The fraction of sp³-hybridized carbons (Fsp3) is 0.200. The molecule has 23 heavy (non-hydrogen) atoms. The second-order valence-electron chi connectivity index (χ2n) is 4.78. The third-order valence-electron chi connectivity index (χ3n) is 3.34. The molecule has 1 aromatic rings. The van der Waals surface area contributed by atoms with Gasteiger partial charge in [0.1, 0.15) is 4.91 Å². The van der Waals surface area contributed by atoms with Crippen molar-refractivity contribution in [3.8, 4) is 0 Å². The Bertz CT molecular complexity index is 1010. The van der Waals surface area contributed by atoms with Crippen molar-refractivity contribution in [2.75, 3.05) is 0 Å². The summed E-state index contributed by atoms with van der Waals surface area (Å²) in [4.78, 5) is -5.00. The molecular formula is C10H11NO9S3. The van der Waals surface area contributed by atoms with Gasteiger partial charge in [-0.2, -0.15) is 25.3 Å². The van der Waals surface area contributed by atoms with Crippen LogP contribution in [0.2, 0.25) is 0 Å². The highest BCUT2D eigenvalue weighted by Crippen LogP contribution is 2.46. The van der Waals surface area contributed by atoms with Gasteiger partial charge in [0.15, 0.2) is 5.25 Å². The first-order chi connectivity index (χ1) is 10.2. The van der Waals surface area contributed by atoms with Gasteiger partial charge in [-0.3, -0.25) is 13.7 Å². The summed E-state index contributed by atoms with van der Waals surface area (Å²) < 4.78 is 97.6. The summed E-state index contributed by atoms with van der Waals surface area (Å²) >= 11 is 0. The maximum absolute atomic E-state index is 11.7. The molecule has 0 amide bonds. The molecule has 128 valence electrons. The van der Waals surface area contributed by atoms with E-state index in [4.69, 9.17) is 5.73 Å². The van der Waals surface area contributed by atoms with E-state index in [0.717, 1.165) is 6.07 Å². The first-order valence-electron chi connectivity index (χ1n) is 5.71. The van der Waals surface area contributed by atoms with Crippen molar-refractivity contribution < 1.29 is 38.9 Å². The number of rotatable bonds is 3. The molecule has 0 radical (unpaired) electrons. The normalized spacial score (nSPS) is 25.6. The molecule has 13 heteroatoms. The van der Waals surface area contributed by atoms with E-state index in [1.165, 1.54) is 18.2 Å². The molecule has 0 saturated heterocycles. The summed E-state index contributed by atoms with van der Waals surface area (Å²) in [5.74, 6) is 0. The minimum absolute atomic E-state index is 0.118. The van der Waals surface area contributed by atoms with Crippen LogP contribution in [0.5, 0.6) is 0 Å². The van der Waals surface area contributed by atoms with Gasteiger partial charge >= 0.3 is 0 Å². The van der Waals surface area contributed by atoms with E-state index >= 15 is 0 Å². The predicted molar refractivity (Wildman–Crippen MR) is 78.7 cm³/mol. The highest BCUT2D eigenvalue weighted by molar-refractivity contribution is 7.95. The topological polar surface area (TPSA) is 189 Å². The molecule has 2 rings (SSSR count). The van der Waals surface area contributed by atoms with Crippen LogP contribution < -0.4 is 5.73 Å². The van der Waals surface area contributed by atoms with Crippen LogP contribution in [-0.4, -0.2) is 43.8 Å². The van der Waals surface area contributed by atoms with Gasteiger partial charge in [-0.05, 0) is 17.2 Å². The Labute approximate surface area is 131 Å². The van der Waals surface area contributed by atoms with Gasteiger partial charge in [0.2, 0.25) is 4.87 Å². The number of hydrogen-bond donors (Lipinski definition) is 4. The van der Waals surface area contributed by atoms with E-state index in [1.54, 1.807) is 0 Å². The van der Waals surface area contributed by atoms with Crippen LogP contribution in [0.1, 0.15) is 16.4 Å². The van der Waals surface area contributed by atoms with E-state index in [1.807, 2.05) is 0 Å². The molecule has 0 heterocycles. The Morgan fingerprint density at radius 2 is 1.48 bits per heavy atom. The molecule has 1 aliphatic carbocycles. The molecule has 10 nitrogen and oxygen atoms in total. The highest BCUT2D eigenvalue weighted by Gasteiger charge is 2.61. The Hall–Kier alpha value is -1.35. The summed E-state index contributed by atoms with van der Waals surface area (Å²) in [6.07, 6.45) is 0.611. The van der Waals surface area contributed by atoms with Crippen molar-refractivity contribution in [3.05, 3.63) is 40.3 Å². The molecule has 0 fully saturated rings. The molecule has 0 saturated carbocycles. The third kappa shape index (κ3) is 2.80. The fourth-order valence-electron chi connectivity index (χ4n) is 2.42. The Kier molecular flexibility index (Phi) is 3.97. The predicted octanol–water partition coefficient (Wildman–Crippen LogP) is -0.599. The summed E-state index contributed by atoms with van der Waals surface area (Å²) in [6.45, 7) is 0. The molecule has 0 aromatic heterocycles. The number of nitrogens with two attached hydrogens (primary N) is 1. The lowest BCUT2D eigenvalue weighted by Crippen LogP contribution is -2.58. The molecular weight excluding hydrogens is 374 g/mol. The Morgan fingerprint density at radius 3 is 1.91 bits per heavy atom. The molecule has 0 bridgehead atoms. The SMILES string of the molecule is NC1(S(=O)(=O)O)C(S(=O)(=O)O)=Cc2ccccc2C1S(=O)(=O)O. The first kappa shape index (κ1) is 18.0. The molecule has 2 atom stereocenters. The molecule has 1 aliphatic rings. The minimum atomic E-state index is -5.60. The van der Waals surface area contributed by atoms with Crippen LogP contribution >= 0.6 is 0 Å². The van der Waals surface area contributed by atoms with Gasteiger partial charge in [-0.15, -0.1) is 0 Å². The summed E-state index contributed by atoms with van der Waals surface area (Å²) in [6, 6.07) is 4.95. The highest BCUT2D eigenvalue weighted by atomic mass is 32.2. The van der Waals surface area contributed by atoms with E-state index < -0.39 is 45.4 Å². The fourth-order valence-corrected chi connectivity index (χ4v) is 6.46. The van der Waals surface area contributed by atoms with Crippen molar-refractivity contribution in [1.82, 2.24) is 0 Å². The van der Waals surface area contributed by atoms with Crippen LogP contribution in [0, 0.1) is 0 Å². The largest absolute Gasteiger partial charge is 0.305 e. The lowest BCUT2D eigenvalue weighted by atomic mass is 9.93. The quantitative estimate of drug-likeness (QED) is 0.489. The maximum Gasteiger partial charge on any atom is 0.293 e. The summed E-state index contributed by atoms with van der Waals surface area (Å²) in [5.41, 5.74) is 4.95. The minimum Gasteiger partial charge on any atom is -0.305 e. The zero-order valence-electron chi connectivity index (χ0n) is 11.1. The lowest BCUT2D eigenvalue weighted by Gasteiger charge is -2.36. The number of benzene rings is 1. The number of fused-ring (bicyclic) bond motifs is 1. The molecule has 1 aromatic carbocycles. The smallest absolute Gasteiger partial charge is 0.293 e. The Morgan fingerprint density at radius 1 is 0.957 bits per heavy atom. The molecule has 5 N–H and O–H groups in total. The van der Waals surface area contributed by atoms with E-state index in [9.17, 15) is 38.9 Å². The standard InChI is InChI=1S/C10H11NO9S3/c11-10(23(18,19)20)8(21(12,13)14)5-6-3-1-2-4-7(6)9(10)22(15,16)17/h1-5,9H,11H2,(H,12,13,14)(H,15,16,17)(H,18,19,20). The van der Waals surface area contributed by atoms with Gasteiger partial charge in [-0.1, -0.05) is 24.3 Å². The Balaban J connectivity index is 3.09. The van der Waals surface area contributed by atoms with Crippen LogP contribution in [-0.2, 0) is 30.4 Å². The molecule has 0 aliphatic heterocycles. The van der Waals surface area contributed by atoms with E-state index in [2.05, 4.69) is 0 Å². The maximum atomic E-state index is 11.7. The summed E-state index contributed by atoms with van der Waals surface area (Å²) in [7, 11) is -16.2. The van der Waals surface area contributed by atoms with E-state index in [0.29, 0.717) is 6.08 Å². The summed E-state index contributed by atoms with van der Waals surface area (Å²) in [5, 5.41) is -2.57. The first-order valence-corrected chi connectivity index (χ1v) is 10.1. The second kappa shape index (κ2) is 5.07. The van der Waals surface area contributed by atoms with Gasteiger partial charge < -0.3 is 5.73 Å². The van der Waals surface area contributed by atoms with Crippen molar-refractivity contribution in [1.29, 1.82) is 0 Å². The van der Waals surface area contributed by atoms with Gasteiger partial charge in [0.25, 0.3) is 30.4 Å². The van der Waals surface area contributed by atoms with Gasteiger partial charge in [0.05, 0.1) is 0 Å². The van der Waals surface area contributed by atoms with E-state index in [-0.39, 0.29) is 11.1 Å². The monoisotopic (exact) mass is 385 g/mol. The average Bonchev–Trinajstić information content (AvgIpc) is 2.33. The molecule has 2 unspecified atom stereocenters. The zero-order valence-corrected chi connectivity index (χ0v) is 13.5. The van der Waals surface area contributed by atoms with Crippen molar-refractivity contribution >= 4 is 36.4 Å². The van der Waals surface area contributed by atoms with Crippen molar-refractivity contribution in [2.45, 2.75) is 10.1 Å². The second-order valence-corrected chi connectivity index (χ2v) is 9.29. The van der Waals surface area contributed by atoms with Crippen molar-refractivity contribution in [2.24, 2.45) is 5.73 Å². The van der Waals surface area contributed by atoms with Crippen LogP contribution in [0.4, 0.5) is 0 Å². The lowest BCUT2D eigenvalue weighted by molar-refractivity contribution is 0.410. The van der Waals surface area contributed by atoms with Gasteiger partial charge in [0, 0.05) is 0 Å². The molecule has 0 spiro atoms. The third-order valence-corrected chi connectivity index (χ3v) is 7.16. The van der Waals surface area contributed by atoms with Gasteiger partial charge in [-0.25, -0.2) is 0 Å². The van der Waals surface area contributed by atoms with Crippen LogP contribution in [0.3, 0.4) is 0 Å². The average molecular weight is 385 g/mol.